The zero-order valence-corrected chi connectivity index (χ0v) is 11.6. The summed E-state index contributed by atoms with van der Waals surface area (Å²) >= 11 is 0. The molecule has 4 rings (SSSR count). The molecule has 0 radical (unpaired) electrons. The lowest BCUT2D eigenvalue weighted by molar-refractivity contribution is 0.202. The summed E-state index contributed by atoms with van der Waals surface area (Å²) < 4.78 is 6.00. The van der Waals surface area contributed by atoms with Crippen LogP contribution >= 0.6 is 0 Å². The average molecular weight is 281 g/mol. The third-order valence-electron chi connectivity index (χ3n) is 3.56. The van der Waals surface area contributed by atoms with Crippen LogP contribution in [0.2, 0.25) is 0 Å². The van der Waals surface area contributed by atoms with Gasteiger partial charge in [-0.2, -0.15) is 0 Å². The van der Waals surface area contributed by atoms with Crippen LogP contribution in [-0.2, 0) is 0 Å². The van der Waals surface area contributed by atoms with Gasteiger partial charge in [-0.1, -0.05) is 12.1 Å². The van der Waals surface area contributed by atoms with Gasteiger partial charge in [-0.25, -0.2) is 9.97 Å². The molecule has 0 amide bonds. The number of ether oxygens (including phenoxy) is 1. The van der Waals surface area contributed by atoms with Crippen LogP contribution in [-0.4, -0.2) is 28.5 Å². The molecule has 6 heteroatoms. The Morgan fingerprint density at radius 3 is 3.00 bits per heavy atom. The van der Waals surface area contributed by atoms with E-state index in [-0.39, 0.29) is 6.10 Å². The molecular weight excluding hydrogens is 266 g/mol. The molecule has 2 aromatic heterocycles. The molecule has 106 valence electrons. The summed E-state index contributed by atoms with van der Waals surface area (Å²) in [5, 5.41) is 6.37. The molecule has 1 aliphatic rings. The Morgan fingerprint density at radius 2 is 2.10 bits per heavy atom. The van der Waals surface area contributed by atoms with Crippen LogP contribution in [0.15, 0.2) is 36.4 Å². The number of imidazole rings is 1. The Hall–Kier alpha value is -2.76. The number of nitrogens with one attached hydrogen (secondary N) is 3. The fourth-order valence-electron chi connectivity index (χ4n) is 2.47. The Kier molecular flexibility index (Phi) is 2.67. The number of nitrogens with zero attached hydrogens (tertiary/aromatic N) is 2. The van der Waals surface area contributed by atoms with E-state index in [9.17, 15) is 0 Å². The number of benzene rings is 1. The SMILES string of the molecule is CNc1ccc2[nH]c(C3CNc4ccccc4O3)nc2n1. The Bertz CT molecular complexity index is 798. The molecule has 0 aliphatic carbocycles. The van der Waals surface area contributed by atoms with E-state index in [1.165, 1.54) is 0 Å². The Morgan fingerprint density at radius 1 is 1.19 bits per heavy atom. The molecule has 3 N–H and O–H groups in total. The lowest BCUT2D eigenvalue weighted by Gasteiger charge is -2.25. The molecule has 0 saturated carbocycles. The summed E-state index contributed by atoms with van der Waals surface area (Å²) in [6.45, 7) is 0.676. The molecular formula is C15H15N5O. The van der Waals surface area contributed by atoms with Crippen molar-refractivity contribution >= 4 is 22.7 Å². The first kappa shape index (κ1) is 12.0. The minimum Gasteiger partial charge on any atom is -0.478 e. The molecule has 1 aromatic carbocycles. The standard InChI is InChI=1S/C15H15N5O/c1-16-13-7-6-10-14(19-13)20-15(18-10)12-8-17-9-4-2-3-5-11(9)21-12/h2-7,12,17H,8H2,1H3,(H2,16,18,19,20). The number of rotatable bonds is 2. The third-order valence-corrected chi connectivity index (χ3v) is 3.56. The number of aromatic nitrogens is 3. The largest absolute Gasteiger partial charge is 0.478 e. The normalized spacial score (nSPS) is 16.9. The van der Waals surface area contributed by atoms with Gasteiger partial charge in [-0.15, -0.1) is 0 Å². The maximum absolute atomic E-state index is 6.00. The van der Waals surface area contributed by atoms with Gasteiger partial charge in [0.25, 0.3) is 0 Å². The maximum Gasteiger partial charge on any atom is 0.179 e. The van der Waals surface area contributed by atoms with Gasteiger partial charge in [0, 0.05) is 7.05 Å². The van der Waals surface area contributed by atoms with Gasteiger partial charge in [0.15, 0.2) is 17.6 Å². The molecule has 21 heavy (non-hydrogen) atoms. The van der Waals surface area contributed by atoms with Crippen molar-refractivity contribution in [2.24, 2.45) is 0 Å². The van der Waals surface area contributed by atoms with Crippen LogP contribution in [0.25, 0.3) is 11.2 Å². The number of hydrogen-bond donors (Lipinski definition) is 3. The van der Waals surface area contributed by atoms with Gasteiger partial charge in [0.05, 0.1) is 17.7 Å². The summed E-state index contributed by atoms with van der Waals surface area (Å²) in [5.41, 5.74) is 2.62. The zero-order valence-electron chi connectivity index (χ0n) is 11.6. The molecule has 1 atom stereocenters. The molecule has 1 unspecified atom stereocenters. The highest BCUT2D eigenvalue weighted by atomic mass is 16.5. The smallest absolute Gasteiger partial charge is 0.179 e. The van der Waals surface area contributed by atoms with E-state index < -0.39 is 0 Å². The Balaban J connectivity index is 1.68. The first-order valence-electron chi connectivity index (χ1n) is 6.87. The molecule has 0 fully saturated rings. The molecule has 3 aromatic rings. The predicted molar refractivity (Wildman–Crippen MR) is 81.7 cm³/mol. The summed E-state index contributed by atoms with van der Waals surface area (Å²) in [7, 11) is 1.84. The van der Waals surface area contributed by atoms with Crippen LogP contribution < -0.4 is 15.4 Å². The maximum atomic E-state index is 6.00. The molecule has 6 nitrogen and oxygen atoms in total. The van der Waals surface area contributed by atoms with Gasteiger partial charge in [0.1, 0.15) is 11.6 Å². The monoisotopic (exact) mass is 281 g/mol. The fraction of sp³-hybridized carbons (Fsp3) is 0.200. The molecule has 0 saturated heterocycles. The first-order valence-corrected chi connectivity index (χ1v) is 6.87. The second-order valence-corrected chi connectivity index (χ2v) is 4.92. The lowest BCUT2D eigenvalue weighted by atomic mass is 10.2. The minimum atomic E-state index is -0.146. The van der Waals surface area contributed by atoms with Crippen molar-refractivity contribution in [3.05, 3.63) is 42.2 Å². The molecule has 0 bridgehead atoms. The van der Waals surface area contributed by atoms with Gasteiger partial charge >= 0.3 is 0 Å². The first-order chi connectivity index (χ1) is 10.3. The fourth-order valence-corrected chi connectivity index (χ4v) is 2.47. The van der Waals surface area contributed by atoms with Crippen molar-refractivity contribution in [2.75, 3.05) is 24.2 Å². The van der Waals surface area contributed by atoms with E-state index >= 15 is 0 Å². The topological polar surface area (TPSA) is 74.9 Å². The number of hydrogen-bond acceptors (Lipinski definition) is 5. The number of fused-ring (bicyclic) bond motifs is 2. The van der Waals surface area contributed by atoms with E-state index in [2.05, 4.69) is 25.6 Å². The Labute approximate surface area is 121 Å². The summed E-state index contributed by atoms with van der Waals surface area (Å²) in [5.74, 6) is 2.43. The highest BCUT2D eigenvalue weighted by molar-refractivity contribution is 5.73. The number of H-pyrrole nitrogens is 1. The van der Waals surface area contributed by atoms with Gasteiger partial charge in [-0.3, -0.25) is 0 Å². The van der Waals surface area contributed by atoms with Crippen molar-refractivity contribution in [3.63, 3.8) is 0 Å². The minimum absolute atomic E-state index is 0.146. The summed E-state index contributed by atoms with van der Waals surface area (Å²) in [6.07, 6.45) is -0.146. The van der Waals surface area contributed by atoms with Crippen LogP contribution in [0.3, 0.4) is 0 Å². The number of para-hydroxylation sites is 2. The van der Waals surface area contributed by atoms with E-state index in [0.717, 1.165) is 28.6 Å². The van der Waals surface area contributed by atoms with Crippen molar-refractivity contribution < 1.29 is 4.74 Å². The zero-order chi connectivity index (χ0) is 14.2. The lowest BCUT2D eigenvalue weighted by Crippen LogP contribution is -2.24. The van der Waals surface area contributed by atoms with E-state index in [0.29, 0.717) is 12.2 Å². The predicted octanol–water partition coefficient (Wildman–Crippen LogP) is 2.55. The van der Waals surface area contributed by atoms with E-state index in [4.69, 9.17) is 4.74 Å². The highest BCUT2D eigenvalue weighted by Crippen LogP contribution is 2.33. The quantitative estimate of drug-likeness (QED) is 0.673. The summed E-state index contributed by atoms with van der Waals surface area (Å²) in [6, 6.07) is 11.8. The van der Waals surface area contributed by atoms with Crippen LogP contribution in [0.4, 0.5) is 11.5 Å². The van der Waals surface area contributed by atoms with Gasteiger partial charge in [0.2, 0.25) is 0 Å². The van der Waals surface area contributed by atoms with Crippen molar-refractivity contribution in [3.8, 4) is 5.75 Å². The number of aromatic amines is 1. The van der Waals surface area contributed by atoms with Gasteiger partial charge < -0.3 is 20.4 Å². The van der Waals surface area contributed by atoms with Crippen LogP contribution in [0.1, 0.15) is 11.9 Å². The van der Waals surface area contributed by atoms with E-state index in [1.807, 2.05) is 43.4 Å². The number of pyridine rings is 1. The van der Waals surface area contributed by atoms with Crippen LogP contribution in [0, 0.1) is 0 Å². The third kappa shape index (κ3) is 2.05. The van der Waals surface area contributed by atoms with E-state index in [1.54, 1.807) is 0 Å². The van der Waals surface area contributed by atoms with Gasteiger partial charge in [-0.05, 0) is 24.3 Å². The second-order valence-electron chi connectivity index (χ2n) is 4.92. The average Bonchev–Trinajstić information content (AvgIpc) is 2.97. The molecule has 3 heterocycles. The van der Waals surface area contributed by atoms with Crippen molar-refractivity contribution in [2.45, 2.75) is 6.10 Å². The molecule has 0 spiro atoms. The molecule has 1 aliphatic heterocycles. The highest BCUT2D eigenvalue weighted by Gasteiger charge is 2.23. The number of anilines is 2. The summed E-state index contributed by atoms with van der Waals surface area (Å²) in [4.78, 5) is 12.3. The van der Waals surface area contributed by atoms with Crippen molar-refractivity contribution in [1.82, 2.24) is 15.0 Å². The van der Waals surface area contributed by atoms with Crippen LogP contribution in [0.5, 0.6) is 5.75 Å². The van der Waals surface area contributed by atoms with Crippen molar-refractivity contribution in [1.29, 1.82) is 0 Å². The second kappa shape index (κ2) is 4.66.